The van der Waals surface area contributed by atoms with Crippen LogP contribution in [-0.4, -0.2) is 35.8 Å². The van der Waals surface area contributed by atoms with Crippen LogP contribution in [0.4, 0.5) is 0 Å². The van der Waals surface area contributed by atoms with Gasteiger partial charge < -0.3 is 19.4 Å². The van der Waals surface area contributed by atoms with Crippen molar-refractivity contribution in [1.29, 1.82) is 0 Å². The van der Waals surface area contributed by atoms with Crippen molar-refractivity contribution in [2.75, 3.05) is 13.1 Å². The van der Waals surface area contributed by atoms with Crippen LogP contribution in [0.2, 0.25) is 0 Å². The van der Waals surface area contributed by atoms with Crippen molar-refractivity contribution in [1.82, 2.24) is 10.2 Å². The Morgan fingerprint density at radius 1 is 1.19 bits per heavy atom. The maximum absolute atomic E-state index is 12.2. The average molecular weight is 356 g/mol. The molecule has 1 aromatic carbocycles. The highest BCUT2D eigenvalue weighted by molar-refractivity contribution is 5.90. The molecule has 2 heterocycles. The Bertz CT molecular complexity index is 758. The van der Waals surface area contributed by atoms with Gasteiger partial charge in [0.1, 0.15) is 18.9 Å². The number of hydrogen-bond acceptors (Lipinski definition) is 5. The lowest BCUT2D eigenvalue weighted by atomic mass is 10.1. The molecular weight excluding hydrogens is 336 g/mol. The zero-order chi connectivity index (χ0) is 18.4. The normalized spacial score (nSPS) is 16.5. The molecular formula is C19H20N2O5. The van der Waals surface area contributed by atoms with E-state index in [1.807, 2.05) is 30.3 Å². The molecule has 2 amide bonds. The highest BCUT2D eigenvalue weighted by Crippen LogP contribution is 2.20. The van der Waals surface area contributed by atoms with Gasteiger partial charge in [0.25, 0.3) is 0 Å². The summed E-state index contributed by atoms with van der Waals surface area (Å²) < 4.78 is 10.3. The van der Waals surface area contributed by atoms with Gasteiger partial charge in [-0.25, -0.2) is 0 Å². The van der Waals surface area contributed by atoms with E-state index in [0.29, 0.717) is 18.8 Å². The van der Waals surface area contributed by atoms with Gasteiger partial charge in [-0.2, -0.15) is 0 Å². The van der Waals surface area contributed by atoms with E-state index in [-0.39, 0.29) is 31.4 Å². The highest BCUT2D eigenvalue weighted by Gasteiger charge is 2.34. The molecule has 0 saturated carbocycles. The van der Waals surface area contributed by atoms with E-state index in [1.165, 1.54) is 0 Å². The minimum atomic E-state index is -0.515. The SMILES string of the molecule is O=C(CNC(=O)C1CC(=O)N(Cc2ccco2)C1)OCc1ccccc1. The summed E-state index contributed by atoms with van der Waals surface area (Å²) in [4.78, 5) is 37.6. The van der Waals surface area contributed by atoms with Crippen molar-refractivity contribution >= 4 is 17.8 Å². The van der Waals surface area contributed by atoms with Crippen LogP contribution in [0.25, 0.3) is 0 Å². The summed E-state index contributed by atoms with van der Waals surface area (Å²) in [7, 11) is 0. The Morgan fingerprint density at radius 3 is 2.73 bits per heavy atom. The second-order valence-corrected chi connectivity index (χ2v) is 6.12. The number of carbonyl (C=O) groups is 3. The molecule has 1 atom stereocenters. The molecule has 7 heteroatoms. The Hall–Kier alpha value is -3.09. The second-order valence-electron chi connectivity index (χ2n) is 6.12. The van der Waals surface area contributed by atoms with E-state index in [0.717, 1.165) is 5.56 Å². The van der Waals surface area contributed by atoms with Crippen LogP contribution in [0.5, 0.6) is 0 Å². The molecule has 1 aliphatic rings. The van der Waals surface area contributed by atoms with Crippen LogP contribution in [0.3, 0.4) is 0 Å². The summed E-state index contributed by atoms with van der Waals surface area (Å²) in [6.45, 7) is 0.599. The van der Waals surface area contributed by atoms with E-state index in [1.54, 1.807) is 23.3 Å². The summed E-state index contributed by atoms with van der Waals surface area (Å²) in [5.74, 6) is -0.743. The van der Waals surface area contributed by atoms with E-state index in [4.69, 9.17) is 9.15 Å². The van der Waals surface area contributed by atoms with Crippen molar-refractivity contribution in [2.45, 2.75) is 19.6 Å². The fourth-order valence-corrected chi connectivity index (χ4v) is 2.78. The van der Waals surface area contributed by atoms with Crippen LogP contribution < -0.4 is 5.32 Å². The summed E-state index contributed by atoms with van der Waals surface area (Å²) in [6.07, 6.45) is 1.67. The molecule has 1 N–H and O–H groups in total. The van der Waals surface area contributed by atoms with Crippen LogP contribution >= 0.6 is 0 Å². The van der Waals surface area contributed by atoms with Crippen LogP contribution in [0.15, 0.2) is 53.1 Å². The first-order valence-electron chi connectivity index (χ1n) is 8.39. The third-order valence-corrected chi connectivity index (χ3v) is 4.16. The first-order chi connectivity index (χ1) is 12.6. The van der Waals surface area contributed by atoms with Crippen LogP contribution in [-0.2, 0) is 32.3 Å². The average Bonchev–Trinajstić information content (AvgIpc) is 3.29. The molecule has 1 fully saturated rings. The molecule has 1 aromatic heterocycles. The number of esters is 1. The number of nitrogens with zero attached hydrogens (tertiary/aromatic N) is 1. The zero-order valence-electron chi connectivity index (χ0n) is 14.2. The maximum atomic E-state index is 12.2. The molecule has 0 bridgehead atoms. The van der Waals surface area contributed by atoms with Gasteiger partial charge in [0.2, 0.25) is 11.8 Å². The largest absolute Gasteiger partial charge is 0.467 e. The van der Waals surface area contributed by atoms with Crippen LogP contribution in [0.1, 0.15) is 17.7 Å². The fraction of sp³-hybridized carbons (Fsp3) is 0.316. The summed E-state index contributed by atoms with van der Waals surface area (Å²) >= 11 is 0. The molecule has 3 rings (SSSR count). The predicted molar refractivity (Wildman–Crippen MR) is 91.5 cm³/mol. The Labute approximate surface area is 150 Å². The number of rotatable bonds is 7. The monoisotopic (exact) mass is 356 g/mol. The maximum Gasteiger partial charge on any atom is 0.325 e. The van der Waals surface area contributed by atoms with Gasteiger partial charge in [-0.15, -0.1) is 0 Å². The lowest BCUT2D eigenvalue weighted by Crippen LogP contribution is -2.36. The third kappa shape index (κ3) is 4.72. The van der Waals surface area contributed by atoms with Gasteiger partial charge in [-0.3, -0.25) is 14.4 Å². The van der Waals surface area contributed by atoms with Crippen molar-refractivity contribution in [3.05, 3.63) is 60.1 Å². The number of nitrogens with one attached hydrogen (secondary N) is 1. The molecule has 136 valence electrons. The van der Waals surface area contributed by atoms with Crippen molar-refractivity contribution in [3.63, 3.8) is 0 Å². The summed E-state index contributed by atoms with van der Waals surface area (Å²) in [6, 6.07) is 12.8. The molecule has 7 nitrogen and oxygen atoms in total. The first kappa shape index (κ1) is 17.7. The van der Waals surface area contributed by atoms with Crippen molar-refractivity contribution < 1.29 is 23.5 Å². The number of carbonyl (C=O) groups excluding carboxylic acids is 3. The molecule has 2 aromatic rings. The van der Waals surface area contributed by atoms with E-state index in [2.05, 4.69) is 5.32 Å². The molecule has 1 aliphatic heterocycles. The first-order valence-corrected chi connectivity index (χ1v) is 8.39. The zero-order valence-corrected chi connectivity index (χ0v) is 14.2. The van der Waals surface area contributed by atoms with Crippen LogP contribution in [0, 0.1) is 5.92 Å². The summed E-state index contributed by atoms with van der Waals surface area (Å²) in [5, 5.41) is 2.54. The lowest BCUT2D eigenvalue weighted by Gasteiger charge is -2.15. The lowest BCUT2D eigenvalue weighted by molar-refractivity contribution is -0.145. The van der Waals surface area contributed by atoms with Crippen molar-refractivity contribution in [3.8, 4) is 0 Å². The minimum absolute atomic E-state index is 0.104. The third-order valence-electron chi connectivity index (χ3n) is 4.16. The fourth-order valence-electron chi connectivity index (χ4n) is 2.78. The van der Waals surface area contributed by atoms with E-state index < -0.39 is 11.9 Å². The highest BCUT2D eigenvalue weighted by atomic mass is 16.5. The Balaban J connectivity index is 1.40. The molecule has 0 aliphatic carbocycles. The molecule has 0 spiro atoms. The van der Waals surface area contributed by atoms with Gasteiger partial charge in [0, 0.05) is 13.0 Å². The minimum Gasteiger partial charge on any atom is -0.467 e. The Kier molecular flexibility index (Phi) is 5.68. The molecule has 0 radical (unpaired) electrons. The number of amides is 2. The smallest absolute Gasteiger partial charge is 0.325 e. The quantitative estimate of drug-likeness (QED) is 0.759. The summed E-state index contributed by atoms with van der Waals surface area (Å²) in [5.41, 5.74) is 0.877. The van der Waals surface area contributed by atoms with Gasteiger partial charge in [-0.05, 0) is 17.7 Å². The number of ether oxygens (including phenoxy) is 1. The predicted octanol–water partition coefficient (Wildman–Crippen LogP) is 1.49. The Morgan fingerprint density at radius 2 is 2.00 bits per heavy atom. The van der Waals surface area contributed by atoms with E-state index in [9.17, 15) is 14.4 Å². The van der Waals surface area contributed by atoms with Gasteiger partial charge >= 0.3 is 5.97 Å². The standard InChI is InChI=1S/C19H20N2O5/c22-17-9-15(11-21(17)12-16-7-4-8-25-16)19(24)20-10-18(23)26-13-14-5-2-1-3-6-14/h1-8,15H,9-13H2,(H,20,24). The number of likely N-dealkylation sites (tertiary alicyclic amines) is 1. The second kappa shape index (κ2) is 8.33. The van der Waals surface area contributed by atoms with Gasteiger partial charge in [0.15, 0.2) is 0 Å². The molecule has 1 saturated heterocycles. The van der Waals surface area contributed by atoms with Gasteiger partial charge in [0.05, 0.1) is 18.7 Å². The van der Waals surface area contributed by atoms with Crippen molar-refractivity contribution in [2.24, 2.45) is 5.92 Å². The number of furan rings is 1. The number of benzene rings is 1. The van der Waals surface area contributed by atoms with Gasteiger partial charge in [-0.1, -0.05) is 30.3 Å². The number of hydrogen-bond donors (Lipinski definition) is 1. The molecule has 26 heavy (non-hydrogen) atoms. The van der Waals surface area contributed by atoms with E-state index >= 15 is 0 Å². The molecule has 1 unspecified atom stereocenters. The topological polar surface area (TPSA) is 88.9 Å².